The van der Waals surface area contributed by atoms with E-state index in [1.54, 1.807) is 7.11 Å². The molecule has 2 heteroatoms. The summed E-state index contributed by atoms with van der Waals surface area (Å²) in [6.45, 7) is 1.94. The number of methoxy groups -OCH3 is 1. The predicted octanol–water partition coefficient (Wildman–Crippen LogP) is 1.36. The summed E-state index contributed by atoms with van der Waals surface area (Å²) in [5, 5.41) is 0. The van der Waals surface area contributed by atoms with Crippen LogP contribution in [0.2, 0.25) is 0 Å². The Balaban J connectivity index is 1.77. The first kappa shape index (κ1) is 6.62. The average Bonchev–Trinajstić information content (AvgIpc) is 2.66. The first-order valence-electron chi connectivity index (χ1n) is 3.92. The SMILES string of the molecule is CO[CH]C1CCC2OC2C1. The molecule has 1 radical (unpaired) electrons. The van der Waals surface area contributed by atoms with Crippen molar-refractivity contribution >= 4 is 0 Å². The van der Waals surface area contributed by atoms with Gasteiger partial charge in [0.1, 0.15) is 0 Å². The lowest BCUT2D eigenvalue weighted by atomic mass is 9.90. The van der Waals surface area contributed by atoms with E-state index in [0.29, 0.717) is 18.1 Å². The lowest BCUT2D eigenvalue weighted by molar-refractivity contribution is 0.207. The van der Waals surface area contributed by atoms with Gasteiger partial charge in [-0.2, -0.15) is 0 Å². The van der Waals surface area contributed by atoms with Crippen molar-refractivity contribution in [1.29, 1.82) is 0 Å². The molecule has 2 fully saturated rings. The highest BCUT2D eigenvalue weighted by atomic mass is 16.6. The zero-order valence-corrected chi connectivity index (χ0v) is 6.25. The van der Waals surface area contributed by atoms with Crippen molar-refractivity contribution in [3.63, 3.8) is 0 Å². The Morgan fingerprint density at radius 1 is 1.40 bits per heavy atom. The van der Waals surface area contributed by atoms with E-state index < -0.39 is 0 Å². The molecule has 57 valence electrons. The Kier molecular flexibility index (Phi) is 1.66. The van der Waals surface area contributed by atoms with Crippen LogP contribution in [-0.4, -0.2) is 19.3 Å². The highest BCUT2D eigenvalue weighted by Gasteiger charge is 2.43. The fourth-order valence-electron chi connectivity index (χ4n) is 1.75. The number of hydrogen-bond acceptors (Lipinski definition) is 2. The molecule has 0 aromatic heterocycles. The standard InChI is InChI=1S/C8H13O2/c1-9-5-6-2-3-7-8(4-6)10-7/h5-8H,2-4H2,1H3. The molecular weight excluding hydrogens is 128 g/mol. The second-order valence-corrected chi connectivity index (χ2v) is 3.16. The Hall–Kier alpha value is -0.0800. The summed E-state index contributed by atoms with van der Waals surface area (Å²) in [6, 6.07) is 0. The van der Waals surface area contributed by atoms with Gasteiger partial charge in [-0.05, 0) is 25.2 Å². The van der Waals surface area contributed by atoms with Crippen LogP contribution < -0.4 is 0 Å². The van der Waals surface area contributed by atoms with Gasteiger partial charge in [0.2, 0.25) is 0 Å². The van der Waals surface area contributed by atoms with Gasteiger partial charge in [0.05, 0.1) is 18.8 Å². The third-order valence-corrected chi connectivity index (χ3v) is 2.37. The summed E-state index contributed by atoms with van der Waals surface area (Å²) in [7, 11) is 1.72. The lowest BCUT2D eigenvalue weighted by Gasteiger charge is -2.16. The van der Waals surface area contributed by atoms with Gasteiger partial charge >= 0.3 is 0 Å². The number of ether oxygens (including phenoxy) is 2. The van der Waals surface area contributed by atoms with Crippen LogP contribution in [0.1, 0.15) is 19.3 Å². The quantitative estimate of drug-likeness (QED) is 0.541. The largest absolute Gasteiger partial charge is 0.378 e. The molecule has 2 aliphatic rings. The van der Waals surface area contributed by atoms with Crippen LogP contribution in [-0.2, 0) is 9.47 Å². The molecule has 0 aromatic rings. The van der Waals surface area contributed by atoms with Gasteiger partial charge in [-0.25, -0.2) is 0 Å². The highest BCUT2D eigenvalue weighted by Crippen LogP contribution is 2.40. The van der Waals surface area contributed by atoms with Crippen LogP contribution in [0.15, 0.2) is 0 Å². The van der Waals surface area contributed by atoms with E-state index in [2.05, 4.69) is 0 Å². The first-order valence-corrected chi connectivity index (χ1v) is 3.92. The molecule has 2 rings (SSSR count). The van der Waals surface area contributed by atoms with Crippen LogP contribution in [0.3, 0.4) is 0 Å². The van der Waals surface area contributed by atoms with Crippen LogP contribution >= 0.6 is 0 Å². The summed E-state index contributed by atoms with van der Waals surface area (Å²) < 4.78 is 10.3. The molecule has 0 spiro atoms. The minimum atomic E-state index is 0.574. The normalized spacial score (nSPS) is 44.7. The maximum Gasteiger partial charge on any atom is 0.0864 e. The first-order chi connectivity index (χ1) is 4.90. The molecule has 0 bridgehead atoms. The van der Waals surface area contributed by atoms with Crippen molar-refractivity contribution in [1.82, 2.24) is 0 Å². The van der Waals surface area contributed by atoms with E-state index in [0.717, 1.165) is 0 Å². The molecule has 10 heavy (non-hydrogen) atoms. The fraction of sp³-hybridized carbons (Fsp3) is 0.875. The topological polar surface area (TPSA) is 21.8 Å². The Bertz CT molecular complexity index is 124. The van der Waals surface area contributed by atoms with E-state index in [4.69, 9.17) is 9.47 Å². The summed E-state index contributed by atoms with van der Waals surface area (Å²) in [5.41, 5.74) is 0. The second-order valence-electron chi connectivity index (χ2n) is 3.16. The van der Waals surface area contributed by atoms with Crippen LogP contribution in [0.5, 0.6) is 0 Å². The maximum atomic E-state index is 5.38. The summed E-state index contributed by atoms with van der Waals surface area (Å²) in [5.74, 6) is 0.647. The fourth-order valence-corrected chi connectivity index (χ4v) is 1.75. The van der Waals surface area contributed by atoms with Gasteiger partial charge in [0.15, 0.2) is 0 Å². The third kappa shape index (κ3) is 1.18. The van der Waals surface area contributed by atoms with Gasteiger partial charge in [0, 0.05) is 7.11 Å². The molecule has 2 nitrogen and oxygen atoms in total. The predicted molar refractivity (Wildman–Crippen MR) is 37.3 cm³/mol. The van der Waals surface area contributed by atoms with Crippen molar-refractivity contribution in [3.8, 4) is 0 Å². The summed E-state index contributed by atoms with van der Waals surface area (Å²) in [6.07, 6.45) is 4.84. The number of hydrogen-bond donors (Lipinski definition) is 0. The molecular formula is C8H13O2. The van der Waals surface area contributed by atoms with Crippen molar-refractivity contribution < 1.29 is 9.47 Å². The van der Waals surface area contributed by atoms with Gasteiger partial charge in [-0.3, -0.25) is 0 Å². The molecule has 0 aromatic carbocycles. The lowest BCUT2D eigenvalue weighted by Crippen LogP contribution is -2.14. The Morgan fingerprint density at radius 3 is 3.00 bits per heavy atom. The van der Waals surface area contributed by atoms with Gasteiger partial charge < -0.3 is 9.47 Å². The minimum Gasteiger partial charge on any atom is -0.378 e. The molecule has 0 N–H and O–H groups in total. The molecule has 1 saturated heterocycles. The monoisotopic (exact) mass is 141 g/mol. The van der Waals surface area contributed by atoms with E-state index >= 15 is 0 Å². The zero-order chi connectivity index (χ0) is 6.97. The summed E-state index contributed by atoms with van der Waals surface area (Å²) in [4.78, 5) is 0. The van der Waals surface area contributed by atoms with E-state index in [1.165, 1.54) is 19.3 Å². The third-order valence-electron chi connectivity index (χ3n) is 2.37. The summed E-state index contributed by atoms with van der Waals surface area (Å²) >= 11 is 0. The van der Waals surface area contributed by atoms with Crippen molar-refractivity contribution in [2.45, 2.75) is 31.5 Å². The van der Waals surface area contributed by atoms with E-state index in [9.17, 15) is 0 Å². The number of fused-ring (bicyclic) bond motifs is 1. The molecule has 1 saturated carbocycles. The number of rotatable bonds is 2. The Labute approximate surface area is 61.5 Å². The van der Waals surface area contributed by atoms with Crippen LogP contribution in [0.25, 0.3) is 0 Å². The van der Waals surface area contributed by atoms with Crippen LogP contribution in [0.4, 0.5) is 0 Å². The minimum absolute atomic E-state index is 0.574. The molecule has 3 unspecified atom stereocenters. The highest BCUT2D eigenvalue weighted by molar-refractivity contribution is 4.93. The maximum absolute atomic E-state index is 5.38. The molecule has 0 amide bonds. The average molecular weight is 141 g/mol. The number of epoxide rings is 1. The van der Waals surface area contributed by atoms with Gasteiger partial charge in [-0.1, -0.05) is 0 Å². The van der Waals surface area contributed by atoms with Crippen LogP contribution in [0, 0.1) is 12.5 Å². The molecule has 1 aliphatic carbocycles. The second kappa shape index (κ2) is 2.51. The van der Waals surface area contributed by atoms with Gasteiger partial charge in [-0.15, -0.1) is 0 Å². The van der Waals surface area contributed by atoms with E-state index in [1.807, 2.05) is 6.61 Å². The molecule has 1 aliphatic heterocycles. The smallest absolute Gasteiger partial charge is 0.0864 e. The van der Waals surface area contributed by atoms with E-state index in [-0.39, 0.29) is 0 Å². The molecule has 1 heterocycles. The Morgan fingerprint density at radius 2 is 2.30 bits per heavy atom. The van der Waals surface area contributed by atoms with Crippen molar-refractivity contribution in [2.24, 2.45) is 5.92 Å². The molecule has 3 atom stereocenters. The van der Waals surface area contributed by atoms with Crippen molar-refractivity contribution in [3.05, 3.63) is 6.61 Å². The van der Waals surface area contributed by atoms with Crippen molar-refractivity contribution in [2.75, 3.05) is 7.11 Å². The zero-order valence-electron chi connectivity index (χ0n) is 6.25. The van der Waals surface area contributed by atoms with Gasteiger partial charge in [0.25, 0.3) is 0 Å².